The second kappa shape index (κ2) is 5.58. The first-order valence-corrected chi connectivity index (χ1v) is 9.38. The van der Waals surface area contributed by atoms with Crippen molar-refractivity contribution in [2.24, 2.45) is 17.8 Å². The zero-order chi connectivity index (χ0) is 17.1. The number of para-hydroxylation sites is 1. The van der Waals surface area contributed by atoms with Crippen molar-refractivity contribution < 1.29 is 15.0 Å². The van der Waals surface area contributed by atoms with Crippen LogP contribution in [0.25, 0.3) is 10.9 Å². The molecule has 132 valence electrons. The summed E-state index contributed by atoms with van der Waals surface area (Å²) in [4.78, 5) is 17.9. The zero-order valence-electron chi connectivity index (χ0n) is 14.2. The Morgan fingerprint density at radius 3 is 2.92 bits per heavy atom. The van der Waals surface area contributed by atoms with Crippen molar-refractivity contribution >= 4 is 16.9 Å². The summed E-state index contributed by atoms with van der Waals surface area (Å²) in [7, 11) is 0. The first-order valence-electron chi connectivity index (χ1n) is 9.38. The lowest BCUT2D eigenvalue weighted by Crippen LogP contribution is -2.53. The third-order valence-corrected chi connectivity index (χ3v) is 6.83. The Bertz CT molecular complexity index is 829. The average molecular weight is 340 g/mol. The summed E-state index contributed by atoms with van der Waals surface area (Å²) in [6.07, 6.45) is 2.75. The van der Waals surface area contributed by atoms with Gasteiger partial charge in [-0.25, -0.2) is 0 Å². The summed E-state index contributed by atoms with van der Waals surface area (Å²) in [5, 5.41) is 21.3. The molecule has 0 bridgehead atoms. The Morgan fingerprint density at radius 2 is 2.08 bits per heavy atom. The lowest BCUT2D eigenvalue weighted by molar-refractivity contribution is -0.156. The molecule has 1 aromatic heterocycles. The van der Waals surface area contributed by atoms with Gasteiger partial charge in [-0.3, -0.25) is 9.69 Å². The Morgan fingerprint density at radius 1 is 1.24 bits per heavy atom. The molecule has 3 heterocycles. The van der Waals surface area contributed by atoms with E-state index in [-0.39, 0.29) is 12.0 Å². The van der Waals surface area contributed by atoms with Crippen LogP contribution in [0.15, 0.2) is 24.3 Å². The van der Waals surface area contributed by atoms with Crippen LogP contribution in [-0.2, 0) is 11.2 Å². The first-order chi connectivity index (χ1) is 12.1. The molecule has 2 aliphatic heterocycles. The first kappa shape index (κ1) is 15.4. The van der Waals surface area contributed by atoms with E-state index >= 15 is 0 Å². The lowest BCUT2D eigenvalue weighted by atomic mass is 9.65. The van der Waals surface area contributed by atoms with E-state index in [1.54, 1.807) is 0 Å². The number of aliphatic carboxylic acids is 1. The number of carboxylic acids is 1. The van der Waals surface area contributed by atoms with Gasteiger partial charge < -0.3 is 15.2 Å². The molecule has 3 unspecified atom stereocenters. The normalized spacial score (nSPS) is 35.0. The number of carboxylic acid groups (broad SMARTS) is 1. The highest BCUT2D eigenvalue weighted by Crippen LogP contribution is 2.49. The molecular formula is C20H24N2O3. The maximum Gasteiger partial charge on any atom is 0.309 e. The molecule has 5 rings (SSSR count). The van der Waals surface area contributed by atoms with Gasteiger partial charge in [0.15, 0.2) is 0 Å². The number of aliphatic hydroxyl groups excluding tert-OH is 1. The van der Waals surface area contributed by atoms with E-state index in [4.69, 9.17) is 0 Å². The molecule has 0 radical (unpaired) electrons. The fourth-order valence-corrected chi connectivity index (χ4v) is 5.68. The number of piperidine rings is 1. The maximum atomic E-state index is 11.8. The van der Waals surface area contributed by atoms with Gasteiger partial charge in [0.1, 0.15) is 0 Å². The average Bonchev–Trinajstić information content (AvgIpc) is 2.99. The molecule has 0 amide bonds. The van der Waals surface area contributed by atoms with E-state index in [1.165, 1.54) is 22.2 Å². The van der Waals surface area contributed by atoms with Gasteiger partial charge in [0.05, 0.1) is 18.1 Å². The zero-order valence-corrected chi connectivity index (χ0v) is 14.2. The number of benzene rings is 1. The van der Waals surface area contributed by atoms with Crippen LogP contribution in [-0.4, -0.2) is 45.3 Å². The molecule has 5 heteroatoms. The van der Waals surface area contributed by atoms with Crippen molar-refractivity contribution in [3.63, 3.8) is 0 Å². The second-order valence-corrected chi connectivity index (χ2v) is 7.99. The number of nitrogens with one attached hydrogen (secondary N) is 1. The van der Waals surface area contributed by atoms with Crippen LogP contribution in [0.1, 0.15) is 36.6 Å². The lowest BCUT2D eigenvalue weighted by Gasteiger charge is -2.50. The van der Waals surface area contributed by atoms with E-state index in [0.29, 0.717) is 12.3 Å². The van der Waals surface area contributed by atoms with Crippen LogP contribution in [0.4, 0.5) is 0 Å². The Kier molecular flexibility index (Phi) is 3.44. The Balaban J connectivity index is 1.54. The van der Waals surface area contributed by atoms with E-state index in [0.717, 1.165) is 32.4 Å². The van der Waals surface area contributed by atoms with Crippen molar-refractivity contribution in [2.75, 3.05) is 13.1 Å². The van der Waals surface area contributed by atoms with E-state index in [2.05, 4.69) is 34.1 Å². The third-order valence-electron chi connectivity index (χ3n) is 6.83. The van der Waals surface area contributed by atoms with Crippen molar-refractivity contribution in [3.8, 4) is 0 Å². The summed E-state index contributed by atoms with van der Waals surface area (Å²) >= 11 is 0. The molecule has 2 aromatic rings. The van der Waals surface area contributed by atoms with Crippen LogP contribution in [0.3, 0.4) is 0 Å². The number of hydrogen-bond acceptors (Lipinski definition) is 3. The maximum absolute atomic E-state index is 11.8. The van der Waals surface area contributed by atoms with Gasteiger partial charge in [0.25, 0.3) is 0 Å². The van der Waals surface area contributed by atoms with Crippen LogP contribution in [0.2, 0.25) is 0 Å². The van der Waals surface area contributed by atoms with Gasteiger partial charge in [-0.2, -0.15) is 0 Å². The van der Waals surface area contributed by atoms with Crippen molar-refractivity contribution in [3.05, 3.63) is 35.5 Å². The Labute approximate surface area is 146 Å². The van der Waals surface area contributed by atoms with E-state index in [9.17, 15) is 15.0 Å². The van der Waals surface area contributed by atoms with Crippen LogP contribution in [0, 0.1) is 17.8 Å². The summed E-state index contributed by atoms with van der Waals surface area (Å²) < 4.78 is 0. The Hall–Kier alpha value is -1.85. The van der Waals surface area contributed by atoms with Gasteiger partial charge in [-0.05, 0) is 49.1 Å². The molecule has 25 heavy (non-hydrogen) atoms. The molecule has 2 fully saturated rings. The second-order valence-electron chi connectivity index (χ2n) is 7.99. The molecule has 1 aromatic carbocycles. The molecular weight excluding hydrogens is 316 g/mol. The topological polar surface area (TPSA) is 76.6 Å². The van der Waals surface area contributed by atoms with Gasteiger partial charge in [0, 0.05) is 29.7 Å². The number of H-pyrrole nitrogens is 1. The van der Waals surface area contributed by atoms with E-state index in [1.807, 2.05) is 0 Å². The standard InChI is InChI=1S/C20H24N2O3/c23-17-6-5-11-10-22-8-7-13-12-3-1-2-4-15(12)21-19(13)16(22)9-14(11)18(17)20(24)25/h1-4,11,14,16-18,21,23H,5-10H2,(H,24,25)/t11?,14?,16?,17-,18+/m0/s1. The molecule has 5 atom stereocenters. The summed E-state index contributed by atoms with van der Waals surface area (Å²) in [6.45, 7) is 2.00. The molecule has 5 nitrogen and oxygen atoms in total. The predicted octanol–water partition coefficient (Wildman–Crippen LogP) is 2.56. The number of nitrogens with zero attached hydrogens (tertiary/aromatic N) is 1. The minimum absolute atomic E-state index is 0.0693. The minimum atomic E-state index is -0.830. The summed E-state index contributed by atoms with van der Waals surface area (Å²) in [5.74, 6) is -0.981. The largest absolute Gasteiger partial charge is 0.481 e. The highest BCUT2D eigenvalue weighted by molar-refractivity contribution is 5.85. The van der Waals surface area contributed by atoms with Crippen molar-refractivity contribution in [1.82, 2.24) is 9.88 Å². The quantitative estimate of drug-likeness (QED) is 0.746. The smallest absolute Gasteiger partial charge is 0.309 e. The molecule has 1 aliphatic carbocycles. The molecule has 0 spiro atoms. The highest BCUT2D eigenvalue weighted by Gasteiger charge is 2.49. The fraction of sp³-hybridized carbons (Fsp3) is 0.550. The number of fused-ring (bicyclic) bond motifs is 6. The van der Waals surface area contributed by atoms with Crippen LogP contribution in [0.5, 0.6) is 0 Å². The van der Waals surface area contributed by atoms with Crippen LogP contribution < -0.4 is 0 Å². The number of aromatic nitrogens is 1. The molecule has 1 saturated carbocycles. The number of rotatable bonds is 1. The van der Waals surface area contributed by atoms with Gasteiger partial charge in [-0.15, -0.1) is 0 Å². The highest BCUT2D eigenvalue weighted by atomic mass is 16.4. The van der Waals surface area contributed by atoms with E-state index < -0.39 is 18.0 Å². The van der Waals surface area contributed by atoms with Gasteiger partial charge in [-0.1, -0.05) is 18.2 Å². The SMILES string of the molecule is O=C(O)[C@@H]1C2CC3c4[nH]c5ccccc5c4CCN3CC2CC[C@@H]1O. The number of carbonyl (C=O) groups is 1. The number of aromatic amines is 1. The van der Waals surface area contributed by atoms with Crippen molar-refractivity contribution in [2.45, 2.75) is 37.8 Å². The minimum Gasteiger partial charge on any atom is -0.481 e. The van der Waals surface area contributed by atoms with Gasteiger partial charge in [0.2, 0.25) is 0 Å². The number of hydrogen-bond donors (Lipinski definition) is 3. The molecule has 3 aliphatic rings. The summed E-state index contributed by atoms with van der Waals surface area (Å²) in [5.41, 5.74) is 3.85. The summed E-state index contributed by atoms with van der Waals surface area (Å²) in [6, 6.07) is 8.68. The fourth-order valence-electron chi connectivity index (χ4n) is 5.68. The molecule has 3 N–H and O–H groups in total. The monoisotopic (exact) mass is 340 g/mol. The molecule has 1 saturated heterocycles. The van der Waals surface area contributed by atoms with Crippen molar-refractivity contribution in [1.29, 1.82) is 0 Å². The van der Waals surface area contributed by atoms with Crippen LogP contribution >= 0.6 is 0 Å². The number of aliphatic hydroxyl groups is 1. The van der Waals surface area contributed by atoms with Gasteiger partial charge >= 0.3 is 5.97 Å². The third kappa shape index (κ3) is 2.26. The predicted molar refractivity (Wildman–Crippen MR) is 94.3 cm³/mol.